The highest BCUT2D eigenvalue weighted by atomic mass is 32.1. The van der Waals surface area contributed by atoms with Gasteiger partial charge < -0.3 is 11.1 Å². The number of anilines is 2. The predicted molar refractivity (Wildman–Crippen MR) is 87.9 cm³/mol. The van der Waals surface area contributed by atoms with Gasteiger partial charge in [0.15, 0.2) is 5.13 Å². The molecule has 1 heterocycles. The molecule has 3 aromatic rings. The molecule has 0 bridgehead atoms. The number of rotatable bonds is 3. The molecule has 2 aromatic carbocycles. The minimum atomic E-state index is 0.727. The molecule has 3 N–H and O–H groups in total. The smallest absolute Gasteiger partial charge is 0.188 e. The number of thiazole rings is 1. The predicted octanol–water partition coefficient (Wildman–Crippen LogP) is 4.27. The van der Waals surface area contributed by atoms with Gasteiger partial charge in [-0.2, -0.15) is 0 Å². The van der Waals surface area contributed by atoms with Gasteiger partial charge in [0.25, 0.3) is 0 Å². The van der Waals surface area contributed by atoms with E-state index < -0.39 is 0 Å². The second kappa shape index (κ2) is 4.98. The van der Waals surface area contributed by atoms with E-state index in [1.807, 2.05) is 30.3 Å². The molecule has 0 fully saturated rings. The summed E-state index contributed by atoms with van der Waals surface area (Å²) in [4.78, 5) is 4.62. The second-order valence-corrected chi connectivity index (χ2v) is 5.70. The number of para-hydroxylation sites is 1. The van der Waals surface area contributed by atoms with Crippen LogP contribution in [0.1, 0.15) is 11.1 Å². The largest absolute Gasteiger partial charge is 0.399 e. The summed E-state index contributed by atoms with van der Waals surface area (Å²) in [5.41, 5.74) is 10.5. The lowest BCUT2D eigenvalue weighted by atomic mass is 10.1. The van der Waals surface area contributed by atoms with Crippen molar-refractivity contribution in [1.82, 2.24) is 4.98 Å². The Bertz CT molecular complexity index is 789. The zero-order valence-corrected chi connectivity index (χ0v) is 12.0. The van der Waals surface area contributed by atoms with Crippen molar-refractivity contribution < 1.29 is 0 Å². The number of nitrogens with two attached hydrogens (primary N) is 1. The van der Waals surface area contributed by atoms with Crippen LogP contribution in [-0.2, 0) is 0 Å². The zero-order valence-electron chi connectivity index (χ0n) is 11.2. The summed E-state index contributed by atoms with van der Waals surface area (Å²) in [6.07, 6.45) is 0. The van der Waals surface area contributed by atoms with Crippen LogP contribution in [0.3, 0.4) is 0 Å². The molecule has 0 aliphatic heterocycles. The van der Waals surface area contributed by atoms with Gasteiger partial charge in [0.1, 0.15) is 0 Å². The van der Waals surface area contributed by atoms with Crippen molar-refractivity contribution in [2.24, 2.45) is 0 Å². The molecular formula is C16H15N3S. The van der Waals surface area contributed by atoms with Crippen LogP contribution >= 0.6 is 11.3 Å². The Labute approximate surface area is 121 Å². The molecule has 100 valence electrons. The number of hydrogen-bond donors (Lipinski definition) is 2. The topological polar surface area (TPSA) is 50.9 Å². The average molecular weight is 281 g/mol. The lowest BCUT2D eigenvalue weighted by Crippen LogP contribution is -1.97. The van der Waals surface area contributed by atoms with E-state index in [1.54, 1.807) is 11.3 Å². The number of nitrogens with one attached hydrogen (secondary N) is 1. The van der Waals surface area contributed by atoms with Crippen molar-refractivity contribution in [3.05, 3.63) is 60.2 Å². The first kappa shape index (κ1) is 12.7. The summed E-state index contributed by atoms with van der Waals surface area (Å²) < 4.78 is 1.17. The van der Waals surface area contributed by atoms with Crippen molar-refractivity contribution in [1.29, 1.82) is 0 Å². The third-order valence-electron chi connectivity index (χ3n) is 3.11. The summed E-state index contributed by atoms with van der Waals surface area (Å²) >= 11 is 1.62. The van der Waals surface area contributed by atoms with E-state index in [4.69, 9.17) is 5.73 Å². The lowest BCUT2D eigenvalue weighted by molar-refractivity contribution is 1.40. The third kappa shape index (κ3) is 2.38. The number of hydrogen-bond acceptors (Lipinski definition) is 4. The Morgan fingerprint density at radius 2 is 2.05 bits per heavy atom. The SMILES string of the molecule is C=C(Nc1nc2c(C)cccc2s1)c1cccc(N)c1. The molecular weight excluding hydrogens is 266 g/mol. The Hall–Kier alpha value is -2.33. The number of benzene rings is 2. The van der Waals surface area contributed by atoms with Gasteiger partial charge in [0.2, 0.25) is 0 Å². The minimum Gasteiger partial charge on any atom is -0.399 e. The molecule has 3 nitrogen and oxygen atoms in total. The summed E-state index contributed by atoms with van der Waals surface area (Å²) in [6, 6.07) is 13.8. The molecule has 20 heavy (non-hydrogen) atoms. The van der Waals surface area contributed by atoms with Gasteiger partial charge in [0.05, 0.1) is 10.2 Å². The highest BCUT2D eigenvalue weighted by molar-refractivity contribution is 7.22. The van der Waals surface area contributed by atoms with E-state index in [0.29, 0.717) is 0 Å². The molecule has 0 saturated carbocycles. The maximum absolute atomic E-state index is 5.79. The highest BCUT2D eigenvalue weighted by Crippen LogP contribution is 2.29. The van der Waals surface area contributed by atoms with Gasteiger partial charge >= 0.3 is 0 Å². The van der Waals surface area contributed by atoms with Crippen LogP contribution in [0.25, 0.3) is 15.9 Å². The van der Waals surface area contributed by atoms with Crippen molar-refractivity contribution in [2.75, 3.05) is 11.1 Å². The van der Waals surface area contributed by atoms with Crippen LogP contribution in [-0.4, -0.2) is 4.98 Å². The normalized spacial score (nSPS) is 10.7. The van der Waals surface area contributed by atoms with E-state index in [0.717, 1.165) is 27.6 Å². The molecule has 0 saturated heterocycles. The lowest BCUT2D eigenvalue weighted by Gasteiger charge is -2.07. The molecule has 3 rings (SSSR count). The monoisotopic (exact) mass is 281 g/mol. The van der Waals surface area contributed by atoms with Gasteiger partial charge in [-0.15, -0.1) is 0 Å². The number of aryl methyl sites for hydroxylation is 1. The van der Waals surface area contributed by atoms with Gasteiger partial charge in [-0.05, 0) is 36.2 Å². The van der Waals surface area contributed by atoms with E-state index in [2.05, 4.69) is 35.9 Å². The van der Waals surface area contributed by atoms with Crippen molar-refractivity contribution >= 4 is 38.1 Å². The Kier molecular flexibility index (Phi) is 3.16. The fourth-order valence-electron chi connectivity index (χ4n) is 2.07. The van der Waals surface area contributed by atoms with Gasteiger partial charge in [-0.1, -0.05) is 42.2 Å². The van der Waals surface area contributed by atoms with E-state index in [1.165, 1.54) is 10.3 Å². The van der Waals surface area contributed by atoms with Crippen LogP contribution in [0.4, 0.5) is 10.8 Å². The third-order valence-corrected chi connectivity index (χ3v) is 4.05. The maximum atomic E-state index is 5.79. The van der Waals surface area contributed by atoms with Crippen molar-refractivity contribution in [3.8, 4) is 0 Å². The molecule has 1 aromatic heterocycles. The number of nitrogen functional groups attached to an aromatic ring is 1. The van der Waals surface area contributed by atoms with Gasteiger partial charge in [0, 0.05) is 11.4 Å². The number of aromatic nitrogens is 1. The molecule has 0 spiro atoms. The maximum Gasteiger partial charge on any atom is 0.188 e. The summed E-state index contributed by atoms with van der Waals surface area (Å²) in [5, 5.41) is 4.11. The van der Waals surface area contributed by atoms with Gasteiger partial charge in [-0.3, -0.25) is 0 Å². The average Bonchev–Trinajstić information content (AvgIpc) is 2.83. The van der Waals surface area contributed by atoms with E-state index in [9.17, 15) is 0 Å². The molecule has 4 heteroatoms. The summed E-state index contributed by atoms with van der Waals surface area (Å²) in [5.74, 6) is 0. The minimum absolute atomic E-state index is 0.727. The van der Waals surface area contributed by atoms with Crippen LogP contribution in [0.5, 0.6) is 0 Å². The molecule has 0 atom stereocenters. The highest BCUT2D eigenvalue weighted by Gasteiger charge is 2.07. The van der Waals surface area contributed by atoms with E-state index in [-0.39, 0.29) is 0 Å². The second-order valence-electron chi connectivity index (χ2n) is 4.67. The first-order chi connectivity index (χ1) is 9.63. The Balaban J connectivity index is 1.89. The van der Waals surface area contributed by atoms with Crippen LogP contribution < -0.4 is 11.1 Å². The fourth-order valence-corrected chi connectivity index (χ4v) is 3.04. The molecule has 0 aliphatic rings. The van der Waals surface area contributed by atoms with Crippen LogP contribution in [0.15, 0.2) is 49.0 Å². The Morgan fingerprint density at radius 1 is 1.25 bits per heavy atom. The molecule has 0 aliphatic carbocycles. The molecule has 0 radical (unpaired) electrons. The van der Waals surface area contributed by atoms with Crippen LogP contribution in [0.2, 0.25) is 0 Å². The fraction of sp³-hybridized carbons (Fsp3) is 0.0625. The zero-order chi connectivity index (χ0) is 14.1. The molecule has 0 amide bonds. The Morgan fingerprint density at radius 3 is 2.80 bits per heavy atom. The summed E-state index contributed by atoms with van der Waals surface area (Å²) in [7, 11) is 0. The summed E-state index contributed by atoms with van der Waals surface area (Å²) in [6.45, 7) is 6.12. The van der Waals surface area contributed by atoms with Gasteiger partial charge in [-0.25, -0.2) is 4.98 Å². The van der Waals surface area contributed by atoms with E-state index >= 15 is 0 Å². The first-order valence-corrected chi connectivity index (χ1v) is 7.13. The standard InChI is InChI=1S/C16H15N3S/c1-10-5-3-8-14-15(10)19-16(20-14)18-11(2)12-6-4-7-13(17)9-12/h3-9H,2,17H2,1H3,(H,18,19). The van der Waals surface area contributed by atoms with Crippen molar-refractivity contribution in [3.63, 3.8) is 0 Å². The quantitative estimate of drug-likeness (QED) is 0.705. The van der Waals surface area contributed by atoms with Crippen LogP contribution in [0, 0.1) is 6.92 Å². The number of fused-ring (bicyclic) bond motifs is 1. The first-order valence-electron chi connectivity index (χ1n) is 6.31. The number of nitrogens with zero attached hydrogens (tertiary/aromatic N) is 1. The molecule has 0 unspecified atom stereocenters. The van der Waals surface area contributed by atoms with Crippen molar-refractivity contribution in [2.45, 2.75) is 6.92 Å².